The molecular formula is C19H18N2O. The number of fused-ring (bicyclic) bond motifs is 1. The van der Waals surface area contributed by atoms with Gasteiger partial charge in [0, 0.05) is 28.0 Å². The monoisotopic (exact) mass is 290 g/mol. The molecule has 0 unspecified atom stereocenters. The quantitative estimate of drug-likeness (QED) is 0.682. The average Bonchev–Trinajstić information content (AvgIpc) is 2.92. The highest BCUT2D eigenvalue weighted by molar-refractivity contribution is 5.96. The Morgan fingerprint density at radius 2 is 1.82 bits per heavy atom. The van der Waals surface area contributed by atoms with Gasteiger partial charge in [0.1, 0.15) is 0 Å². The van der Waals surface area contributed by atoms with Gasteiger partial charge in [0.15, 0.2) is 5.78 Å². The average molecular weight is 290 g/mol. The number of hydrogen-bond acceptors (Lipinski definition) is 2. The molecule has 3 nitrogen and oxygen atoms in total. The van der Waals surface area contributed by atoms with Crippen molar-refractivity contribution >= 4 is 22.4 Å². The van der Waals surface area contributed by atoms with Crippen molar-refractivity contribution in [2.24, 2.45) is 0 Å². The molecule has 1 aromatic heterocycles. The van der Waals surface area contributed by atoms with E-state index >= 15 is 0 Å². The van der Waals surface area contributed by atoms with E-state index in [0.29, 0.717) is 0 Å². The molecule has 0 aliphatic heterocycles. The number of aromatic nitrogens is 1. The highest BCUT2D eigenvalue weighted by Gasteiger charge is 2.07. The lowest BCUT2D eigenvalue weighted by Crippen LogP contribution is -1.98. The van der Waals surface area contributed by atoms with E-state index in [1.807, 2.05) is 37.3 Å². The van der Waals surface area contributed by atoms with Gasteiger partial charge >= 0.3 is 0 Å². The van der Waals surface area contributed by atoms with E-state index in [4.69, 9.17) is 0 Å². The Balaban J connectivity index is 2.02. The Labute approximate surface area is 129 Å². The summed E-state index contributed by atoms with van der Waals surface area (Å²) in [7, 11) is 0. The second kappa shape index (κ2) is 5.90. The Morgan fingerprint density at radius 1 is 1.05 bits per heavy atom. The van der Waals surface area contributed by atoms with Crippen molar-refractivity contribution in [2.75, 3.05) is 5.32 Å². The van der Waals surface area contributed by atoms with Crippen molar-refractivity contribution in [1.29, 1.82) is 0 Å². The number of nitrogens with one attached hydrogen (secondary N) is 2. The number of allylic oxidation sites excluding steroid dienone is 2. The number of H-pyrrole nitrogens is 1. The molecule has 3 rings (SSSR count). The van der Waals surface area contributed by atoms with Gasteiger partial charge in [-0.15, -0.1) is 0 Å². The van der Waals surface area contributed by atoms with Crippen molar-refractivity contribution in [3.63, 3.8) is 0 Å². The number of rotatable bonds is 4. The highest BCUT2D eigenvalue weighted by atomic mass is 16.1. The molecule has 0 radical (unpaired) electrons. The molecule has 3 heteroatoms. The fraction of sp³-hybridized carbons (Fsp3) is 0.105. The SMILES string of the molecule is CC(=O)/C=C(\C)Nc1cccc2[nH]c(-c3ccccc3)cc12. The van der Waals surface area contributed by atoms with Crippen LogP contribution in [0.2, 0.25) is 0 Å². The summed E-state index contributed by atoms with van der Waals surface area (Å²) >= 11 is 0. The van der Waals surface area contributed by atoms with E-state index in [1.54, 1.807) is 13.0 Å². The lowest BCUT2D eigenvalue weighted by Gasteiger charge is -2.07. The van der Waals surface area contributed by atoms with Crippen LogP contribution in [0.1, 0.15) is 13.8 Å². The number of aromatic amines is 1. The van der Waals surface area contributed by atoms with E-state index in [2.05, 4.69) is 34.6 Å². The Kier molecular flexibility index (Phi) is 3.79. The highest BCUT2D eigenvalue weighted by Crippen LogP contribution is 2.29. The lowest BCUT2D eigenvalue weighted by atomic mass is 10.1. The summed E-state index contributed by atoms with van der Waals surface area (Å²) in [5.41, 5.74) is 5.13. The van der Waals surface area contributed by atoms with Crippen LogP contribution in [0.5, 0.6) is 0 Å². The fourth-order valence-electron chi connectivity index (χ4n) is 2.59. The molecule has 22 heavy (non-hydrogen) atoms. The van der Waals surface area contributed by atoms with Gasteiger partial charge in [-0.1, -0.05) is 36.4 Å². The first-order valence-electron chi connectivity index (χ1n) is 7.26. The maximum atomic E-state index is 11.2. The summed E-state index contributed by atoms with van der Waals surface area (Å²) < 4.78 is 0. The summed E-state index contributed by atoms with van der Waals surface area (Å²) in [6.45, 7) is 3.45. The minimum Gasteiger partial charge on any atom is -0.358 e. The van der Waals surface area contributed by atoms with Crippen molar-refractivity contribution in [3.05, 3.63) is 66.4 Å². The molecule has 0 saturated carbocycles. The van der Waals surface area contributed by atoms with Gasteiger partial charge in [0.05, 0.1) is 0 Å². The minimum absolute atomic E-state index is 0.0382. The van der Waals surface area contributed by atoms with Crippen molar-refractivity contribution < 1.29 is 4.79 Å². The third-order valence-electron chi connectivity index (χ3n) is 3.50. The standard InChI is InChI=1S/C19H18N2O/c1-13(11-14(2)22)20-17-9-6-10-18-16(17)12-19(21-18)15-7-4-3-5-8-15/h3-12,20-21H,1-2H3/b13-11+. The van der Waals surface area contributed by atoms with E-state index < -0.39 is 0 Å². The summed E-state index contributed by atoms with van der Waals surface area (Å²) in [5.74, 6) is 0.0382. The third kappa shape index (κ3) is 2.93. The molecule has 0 aliphatic rings. The molecule has 2 aromatic carbocycles. The Bertz CT molecular complexity index is 844. The van der Waals surface area contributed by atoms with Crippen molar-refractivity contribution in [2.45, 2.75) is 13.8 Å². The van der Waals surface area contributed by atoms with Gasteiger partial charge in [0.2, 0.25) is 0 Å². The molecule has 0 bridgehead atoms. The number of hydrogen-bond donors (Lipinski definition) is 2. The van der Waals surface area contributed by atoms with E-state index in [1.165, 1.54) is 0 Å². The van der Waals surface area contributed by atoms with Gasteiger partial charge in [-0.25, -0.2) is 0 Å². The Hall–Kier alpha value is -2.81. The number of carbonyl (C=O) groups excluding carboxylic acids is 1. The van der Waals surface area contributed by atoms with E-state index in [-0.39, 0.29) is 5.78 Å². The minimum atomic E-state index is 0.0382. The van der Waals surface area contributed by atoms with Crippen LogP contribution in [0.25, 0.3) is 22.2 Å². The zero-order valence-corrected chi connectivity index (χ0v) is 12.7. The summed E-state index contributed by atoms with van der Waals surface area (Å²) in [4.78, 5) is 14.6. The van der Waals surface area contributed by atoms with E-state index in [0.717, 1.165) is 33.5 Å². The fourth-order valence-corrected chi connectivity index (χ4v) is 2.59. The second-order valence-corrected chi connectivity index (χ2v) is 5.38. The molecule has 0 atom stereocenters. The predicted octanol–water partition coefficient (Wildman–Crippen LogP) is 4.74. The molecule has 110 valence electrons. The molecule has 2 N–H and O–H groups in total. The molecule has 0 aliphatic carbocycles. The molecule has 1 heterocycles. The summed E-state index contributed by atoms with van der Waals surface area (Å²) in [5, 5.41) is 4.41. The molecule has 0 fully saturated rings. The lowest BCUT2D eigenvalue weighted by molar-refractivity contribution is -0.112. The van der Waals surface area contributed by atoms with Gasteiger partial charge in [-0.2, -0.15) is 0 Å². The zero-order chi connectivity index (χ0) is 15.5. The van der Waals surface area contributed by atoms with Gasteiger partial charge < -0.3 is 10.3 Å². The molecule has 0 spiro atoms. The van der Waals surface area contributed by atoms with E-state index in [9.17, 15) is 4.79 Å². The van der Waals surface area contributed by atoms with Crippen LogP contribution in [0.4, 0.5) is 5.69 Å². The molecule has 0 saturated heterocycles. The first-order valence-corrected chi connectivity index (χ1v) is 7.26. The smallest absolute Gasteiger partial charge is 0.154 e. The van der Waals surface area contributed by atoms with Crippen LogP contribution >= 0.6 is 0 Å². The maximum Gasteiger partial charge on any atom is 0.154 e. The Morgan fingerprint density at radius 3 is 2.55 bits per heavy atom. The number of benzene rings is 2. The van der Waals surface area contributed by atoms with Crippen LogP contribution in [0, 0.1) is 0 Å². The molecule has 0 amide bonds. The second-order valence-electron chi connectivity index (χ2n) is 5.38. The summed E-state index contributed by atoms with van der Waals surface area (Å²) in [6.07, 6.45) is 1.60. The topological polar surface area (TPSA) is 44.9 Å². The van der Waals surface area contributed by atoms with Crippen LogP contribution in [-0.4, -0.2) is 10.8 Å². The normalized spacial score (nSPS) is 11.6. The molecule has 3 aromatic rings. The largest absolute Gasteiger partial charge is 0.358 e. The zero-order valence-electron chi connectivity index (χ0n) is 12.7. The van der Waals surface area contributed by atoms with Gasteiger partial charge in [-0.3, -0.25) is 4.79 Å². The number of carbonyl (C=O) groups is 1. The summed E-state index contributed by atoms with van der Waals surface area (Å²) in [6, 6.07) is 18.4. The number of anilines is 1. The molecular weight excluding hydrogens is 272 g/mol. The number of ketones is 1. The first kappa shape index (κ1) is 14.1. The van der Waals surface area contributed by atoms with Crippen LogP contribution in [-0.2, 0) is 4.79 Å². The van der Waals surface area contributed by atoms with Crippen molar-refractivity contribution in [1.82, 2.24) is 4.98 Å². The third-order valence-corrected chi connectivity index (χ3v) is 3.50. The van der Waals surface area contributed by atoms with Crippen molar-refractivity contribution in [3.8, 4) is 11.3 Å². The van der Waals surface area contributed by atoms with Crippen LogP contribution in [0.3, 0.4) is 0 Å². The van der Waals surface area contributed by atoms with Gasteiger partial charge in [-0.05, 0) is 43.7 Å². The van der Waals surface area contributed by atoms with Crippen LogP contribution < -0.4 is 5.32 Å². The van der Waals surface area contributed by atoms with Gasteiger partial charge in [0.25, 0.3) is 0 Å². The first-order chi connectivity index (χ1) is 10.6. The maximum absolute atomic E-state index is 11.2. The van der Waals surface area contributed by atoms with Crippen LogP contribution in [0.15, 0.2) is 66.4 Å². The predicted molar refractivity (Wildman–Crippen MR) is 91.8 cm³/mol.